The van der Waals surface area contributed by atoms with Gasteiger partial charge in [0.1, 0.15) is 13.2 Å². The molecule has 7 nitrogen and oxygen atoms in total. The maximum absolute atomic E-state index is 11.9. The summed E-state index contributed by atoms with van der Waals surface area (Å²) in [6.07, 6.45) is 1.44. The summed E-state index contributed by atoms with van der Waals surface area (Å²) in [6.45, 7) is 3.37. The molecular formula is C11H14N2O5. The van der Waals surface area contributed by atoms with Crippen molar-refractivity contribution in [1.82, 2.24) is 10.1 Å². The van der Waals surface area contributed by atoms with Gasteiger partial charge in [-0.25, -0.2) is 0 Å². The minimum Gasteiger partial charge on any atom is -0.480 e. The summed E-state index contributed by atoms with van der Waals surface area (Å²) >= 11 is 0. The topological polar surface area (TPSA) is 92.9 Å². The first-order valence-electron chi connectivity index (χ1n) is 5.15. The number of carboxylic acid groups (broad SMARTS) is 1. The highest BCUT2D eigenvalue weighted by atomic mass is 16.5. The zero-order valence-electron chi connectivity index (χ0n) is 9.96. The third kappa shape index (κ3) is 3.70. The molecule has 0 saturated heterocycles. The van der Waals surface area contributed by atoms with E-state index in [-0.39, 0.29) is 18.8 Å². The first-order valence-corrected chi connectivity index (χ1v) is 5.15. The Balaban J connectivity index is 2.80. The third-order valence-corrected chi connectivity index (χ3v) is 2.03. The van der Waals surface area contributed by atoms with Gasteiger partial charge in [-0.1, -0.05) is 11.2 Å². The maximum Gasteiger partial charge on any atom is 0.323 e. The Bertz CT molecular complexity index is 440. The van der Waals surface area contributed by atoms with Crippen LogP contribution in [-0.2, 0) is 16.1 Å². The minimum absolute atomic E-state index is 0.0464. The quantitative estimate of drug-likeness (QED) is 0.713. The van der Waals surface area contributed by atoms with Gasteiger partial charge in [0.25, 0.3) is 5.91 Å². The van der Waals surface area contributed by atoms with Gasteiger partial charge in [0.05, 0.1) is 0 Å². The molecule has 0 radical (unpaired) electrons. The van der Waals surface area contributed by atoms with Gasteiger partial charge in [-0.15, -0.1) is 6.58 Å². The molecule has 1 heterocycles. The van der Waals surface area contributed by atoms with Crippen molar-refractivity contribution >= 4 is 11.9 Å². The van der Waals surface area contributed by atoms with Crippen molar-refractivity contribution in [2.24, 2.45) is 0 Å². The van der Waals surface area contributed by atoms with Crippen molar-refractivity contribution in [3.05, 3.63) is 30.2 Å². The molecule has 1 rings (SSSR count). The van der Waals surface area contributed by atoms with Gasteiger partial charge in [-0.2, -0.15) is 0 Å². The van der Waals surface area contributed by atoms with Gasteiger partial charge in [-0.05, 0) is 0 Å². The Kier molecular flexibility index (Phi) is 5.06. The Morgan fingerprint density at radius 1 is 1.67 bits per heavy atom. The van der Waals surface area contributed by atoms with Crippen molar-refractivity contribution in [2.75, 3.05) is 20.2 Å². The van der Waals surface area contributed by atoms with Crippen LogP contribution in [0.25, 0.3) is 0 Å². The van der Waals surface area contributed by atoms with Crippen molar-refractivity contribution in [2.45, 2.75) is 6.61 Å². The van der Waals surface area contributed by atoms with Crippen LogP contribution in [0, 0.1) is 0 Å². The minimum atomic E-state index is -1.11. The lowest BCUT2D eigenvalue weighted by Crippen LogP contribution is -2.35. The molecule has 0 aliphatic rings. The second kappa shape index (κ2) is 6.55. The number of nitrogens with zero attached hydrogens (tertiary/aromatic N) is 2. The number of carboxylic acids is 1. The van der Waals surface area contributed by atoms with E-state index in [1.54, 1.807) is 0 Å². The molecule has 1 aromatic rings. The molecule has 0 aliphatic heterocycles. The molecule has 0 aromatic carbocycles. The van der Waals surface area contributed by atoms with Crippen LogP contribution < -0.4 is 0 Å². The highest BCUT2D eigenvalue weighted by molar-refractivity contribution is 5.94. The molecule has 0 saturated carbocycles. The molecule has 98 valence electrons. The molecule has 0 bridgehead atoms. The van der Waals surface area contributed by atoms with Crippen LogP contribution in [0.1, 0.15) is 16.2 Å². The van der Waals surface area contributed by atoms with Crippen LogP contribution in [0.15, 0.2) is 23.2 Å². The van der Waals surface area contributed by atoms with Crippen molar-refractivity contribution in [3.8, 4) is 0 Å². The zero-order valence-corrected chi connectivity index (χ0v) is 9.96. The summed E-state index contributed by atoms with van der Waals surface area (Å²) in [5.74, 6) is -1.23. The summed E-state index contributed by atoms with van der Waals surface area (Å²) in [4.78, 5) is 23.7. The lowest BCUT2D eigenvalue weighted by Gasteiger charge is -2.16. The van der Waals surface area contributed by atoms with Crippen LogP contribution in [-0.4, -0.2) is 47.2 Å². The molecule has 1 N–H and O–H groups in total. The second-order valence-corrected chi connectivity index (χ2v) is 3.48. The number of hydrogen-bond donors (Lipinski definition) is 1. The molecule has 0 atom stereocenters. The molecular weight excluding hydrogens is 240 g/mol. The number of carbonyl (C=O) groups is 2. The van der Waals surface area contributed by atoms with E-state index in [1.165, 1.54) is 19.3 Å². The average molecular weight is 254 g/mol. The van der Waals surface area contributed by atoms with Crippen LogP contribution in [0.3, 0.4) is 0 Å². The number of aromatic nitrogens is 1. The average Bonchev–Trinajstić information content (AvgIpc) is 2.76. The second-order valence-electron chi connectivity index (χ2n) is 3.48. The van der Waals surface area contributed by atoms with E-state index < -0.39 is 18.4 Å². The van der Waals surface area contributed by atoms with E-state index >= 15 is 0 Å². The Hall–Kier alpha value is -2.15. The normalized spacial score (nSPS) is 10.1. The largest absolute Gasteiger partial charge is 0.480 e. The SMILES string of the molecule is C=CCN(CC(=O)O)C(=O)c1cc(COC)on1. The van der Waals surface area contributed by atoms with E-state index in [4.69, 9.17) is 14.4 Å². The summed E-state index contributed by atoms with van der Waals surface area (Å²) < 4.78 is 9.69. The van der Waals surface area contributed by atoms with Crippen molar-refractivity contribution in [1.29, 1.82) is 0 Å². The molecule has 0 spiro atoms. The predicted octanol–water partition coefficient (Wildman–Crippen LogP) is 0.534. The van der Waals surface area contributed by atoms with Gasteiger partial charge in [0.2, 0.25) is 0 Å². The fraction of sp³-hybridized carbons (Fsp3) is 0.364. The van der Waals surface area contributed by atoms with E-state index in [1.807, 2.05) is 0 Å². The fourth-order valence-electron chi connectivity index (χ4n) is 1.32. The molecule has 18 heavy (non-hydrogen) atoms. The number of methoxy groups -OCH3 is 1. The Morgan fingerprint density at radius 2 is 2.39 bits per heavy atom. The molecule has 1 aromatic heterocycles. The third-order valence-electron chi connectivity index (χ3n) is 2.03. The summed E-state index contributed by atoms with van der Waals surface area (Å²) in [7, 11) is 1.48. The molecule has 7 heteroatoms. The summed E-state index contributed by atoms with van der Waals surface area (Å²) in [6, 6.07) is 1.42. The summed E-state index contributed by atoms with van der Waals surface area (Å²) in [5.41, 5.74) is 0.0464. The van der Waals surface area contributed by atoms with Gasteiger partial charge in [-0.3, -0.25) is 9.59 Å². The number of carbonyl (C=O) groups excluding carboxylic acids is 1. The zero-order chi connectivity index (χ0) is 13.5. The van der Waals surface area contributed by atoms with E-state index in [2.05, 4.69) is 11.7 Å². The van der Waals surface area contributed by atoms with Crippen LogP contribution >= 0.6 is 0 Å². The summed E-state index contributed by atoms with van der Waals surface area (Å²) in [5, 5.41) is 12.3. The van der Waals surface area contributed by atoms with E-state index in [0.717, 1.165) is 4.90 Å². The van der Waals surface area contributed by atoms with Crippen LogP contribution in [0.2, 0.25) is 0 Å². The van der Waals surface area contributed by atoms with Crippen molar-refractivity contribution in [3.63, 3.8) is 0 Å². The first kappa shape index (κ1) is 13.9. The monoisotopic (exact) mass is 254 g/mol. The lowest BCUT2D eigenvalue weighted by molar-refractivity contribution is -0.137. The highest BCUT2D eigenvalue weighted by Gasteiger charge is 2.21. The van der Waals surface area contributed by atoms with Crippen LogP contribution in [0.5, 0.6) is 0 Å². The molecule has 0 fully saturated rings. The van der Waals surface area contributed by atoms with Gasteiger partial charge >= 0.3 is 5.97 Å². The van der Waals surface area contributed by atoms with E-state index in [9.17, 15) is 9.59 Å². The number of rotatable bonds is 7. The number of amides is 1. The lowest BCUT2D eigenvalue weighted by atomic mass is 10.3. The maximum atomic E-state index is 11.9. The highest BCUT2D eigenvalue weighted by Crippen LogP contribution is 2.08. The number of ether oxygens (including phenoxy) is 1. The molecule has 0 aliphatic carbocycles. The number of hydrogen-bond acceptors (Lipinski definition) is 5. The Labute approximate surface area is 104 Å². The predicted molar refractivity (Wildman–Crippen MR) is 61.0 cm³/mol. The fourth-order valence-corrected chi connectivity index (χ4v) is 1.32. The van der Waals surface area contributed by atoms with Crippen LogP contribution in [0.4, 0.5) is 0 Å². The smallest absolute Gasteiger partial charge is 0.323 e. The van der Waals surface area contributed by atoms with Gasteiger partial charge < -0.3 is 19.3 Å². The Morgan fingerprint density at radius 3 is 2.94 bits per heavy atom. The standard InChI is InChI=1S/C11H14N2O5/c1-3-4-13(6-10(14)15)11(16)9-5-8(7-17-2)18-12-9/h3,5H,1,4,6-7H2,2H3,(H,14,15). The van der Waals surface area contributed by atoms with Gasteiger partial charge in [0, 0.05) is 19.7 Å². The van der Waals surface area contributed by atoms with Crippen molar-refractivity contribution < 1.29 is 24.0 Å². The number of aliphatic carboxylic acids is 1. The molecule has 1 amide bonds. The van der Waals surface area contributed by atoms with E-state index in [0.29, 0.717) is 5.76 Å². The first-order chi connectivity index (χ1) is 8.58. The van der Waals surface area contributed by atoms with Gasteiger partial charge in [0.15, 0.2) is 11.5 Å². The molecule has 0 unspecified atom stereocenters.